The Labute approximate surface area is 102 Å². The number of rotatable bonds is 4. The van der Waals surface area contributed by atoms with Crippen molar-refractivity contribution in [3.63, 3.8) is 0 Å². The van der Waals surface area contributed by atoms with Crippen LogP contribution in [0.1, 0.15) is 13.8 Å². The van der Waals surface area contributed by atoms with Crippen LogP contribution in [0.15, 0.2) is 36.5 Å². The van der Waals surface area contributed by atoms with Gasteiger partial charge in [0, 0.05) is 36.4 Å². The van der Waals surface area contributed by atoms with Crippen LogP contribution in [-0.2, 0) is 0 Å². The van der Waals surface area contributed by atoms with Gasteiger partial charge in [-0.05, 0) is 26.0 Å². The molecule has 2 N–H and O–H groups in total. The third-order valence-electron chi connectivity index (χ3n) is 2.93. The van der Waals surface area contributed by atoms with Gasteiger partial charge < -0.3 is 10.6 Å². The largest absolute Gasteiger partial charge is 0.367 e. The Morgan fingerprint density at radius 1 is 1.24 bits per heavy atom. The molecule has 90 valence electrons. The van der Waals surface area contributed by atoms with Crippen LogP contribution in [-0.4, -0.2) is 24.1 Å². The predicted octanol–water partition coefficient (Wildman–Crippen LogP) is 2.41. The Kier molecular flexibility index (Phi) is 3.59. The van der Waals surface area contributed by atoms with Crippen molar-refractivity contribution < 1.29 is 0 Å². The second-order valence-corrected chi connectivity index (χ2v) is 4.42. The average molecular weight is 229 g/mol. The van der Waals surface area contributed by atoms with Gasteiger partial charge in [-0.3, -0.25) is 4.98 Å². The van der Waals surface area contributed by atoms with Crippen LogP contribution in [0.4, 0.5) is 5.69 Å². The first-order valence-corrected chi connectivity index (χ1v) is 6.04. The summed E-state index contributed by atoms with van der Waals surface area (Å²) in [7, 11) is 0. The number of nitrogens with two attached hydrogens (primary N) is 1. The van der Waals surface area contributed by atoms with E-state index in [1.54, 1.807) is 0 Å². The summed E-state index contributed by atoms with van der Waals surface area (Å²) in [6.07, 6.45) is 1.86. The molecule has 0 amide bonds. The smallest absolute Gasteiger partial charge is 0.0722 e. The Bertz CT molecular complexity index is 488. The fraction of sp³-hybridized carbons (Fsp3) is 0.357. The summed E-state index contributed by atoms with van der Waals surface area (Å²) in [5.41, 5.74) is 7.94. The highest BCUT2D eigenvalue weighted by Gasteiger charge is 2.12. The maximum Gasteiger partial charge on any atom is 0.0722 e. The highest BCUT2D eigenvalue weighted by atomic mass is 15.2. The van der Waals surface area contributed by atoms with Gasteiger partial charge in [-0.15, -0.1) is 0 Å². The molecule has 1 aromatic carbocycles. The summed E-state index contributed by atoms with van der Waals surface area (Å²) < 4.78 is 0. The van der Waals surface area contributed by atoms with Gasteiger partial charge in [-0.1, -0.05) is 18.2 Å². The standard InChI is InChI=1S/C14H19N3/c1-11(2)17(10-8-15)14-7-9-16-13-6-4-3-5-12(13)14/h3-7,9,11H,8,10,15H2,1-2H3. The van der Waals surface area contributed by atoms with Gasteiger partial charge in [0.2, 0.25) is 0 Å². The van der Waals surface area contributed by atoms with E-state index in [0.29, 0.717) is 12.6 Å². The molecule has 0 saturated heterocycles. The van der Waals surface area contributed by atoms with E-state index in [-0.39, 0.29) is 0 Å². The van der Waals surface area contributed by atoms with Crippen LogP contribution in [0.3, 0.4) is 0 Å². The van der Waals surface area contributed by atoms with Gasteiger partial charge in [-0.25, -0.2) is 0 Å². The van der Waals surface area contributed by atoms with Gasteiger partial charge in [0.05, 0.1) is 5.52 Å². The molecule has 0 aliphatic heterocycles. The number of anilines is 1. The second kappa shape index (κ2) is 5.15. The minimum Gasteiger partial charge on any atom is -0.367 e. The highest BCUT2D eigenvalue weighted by molar-refractivity contribution is 5.91. The van der Waals surface area contributed by atoms with Crippen molar-refractivity contribution in [2.45, 2.75) is 19.9 Å². The van der Waals surface area contributed by atoms with Gasteiger partial charge in [0.15, 0.2) is 0 Å². The van der Waals surface area contributed by atoms with Gasteiger partial charge in [0.25, 0.3) is 0 Å². The minimum absolute atomic E-state index is 0.435. The summed E-state index contributed by atoms with van der Waals surface area (Å²) in [5.74, 6) is 0. The number of hydrogen-bond acceptors (Lipinski definition) is 3. The number of benzene rings is 1. The van der Waals surface area contributed by atoms with Crippen LogP contribution >= 0.6 is 0 Å². The van der Waals surface area contributed by atoms with E-state index in [0.717, 1.165) is 12.1 Å². The second-order valence-electron chi connectivity index (χ2n) is 4.42. The molecule has 0 atom stereocenters. The quantitative estimate of drug-likeness (QED) is 0.875. The van der Waals surface area contributed by atoms with E-state index in [4.69, 9.17) is 5.73 Å². The van der Waals surface area contributed by atoms with Crippen molar-refractivity contribution in [3.8, 4) is 0 Å². The number of hydrogen-bond donors (Lipinski definition) is 1. The molecule has 2 aromatic rings. The number of pyridine rings is 1. The first-order chi connectivity index (χ1) is 8.24. The van der Waals surface area contributed by atoms with Crippen LogP contribution in [0.2, 0.25) is 0 Å². The molecule has 0 fully saturated rings. The summed E-state index contributed by atoms with van der Waals surface area (Å²) in [6.45, 7) is 5.90. The lowest BCUT2D eigenvalue weighted by molar-refractivity contribution is 0.686. The molecule has 0 spiro atoms. The monoisotopic (exact) mass is 229 g/mol. The van der Waals surface area contributed by atoms with E-state index in [1.165, 1.54) is 11.1 Å². The van der Waals surface area contributed by atoms with E-state index in [9.17, 15) is 0 Å². The summed E-state index contributed by atoms with van der Waals surface area (Å²) in [6, 6.07) is 10.7. The van der Waals surface area contributed by atoms with Gasteiger partial charge >= 0.3 is 0 Å². The van der Waals surface area contributed by atoms with Crippen molar-refractivity contribution in [2.75, 3.05) is 18.0 Å². The lowest BCUT2D eigenvalue weighted by atomic mass is 10.1. The summed E-state index contributed by atoms with van der Waals surface area (Å²) >= 11 is 0. The maximum atomic E-state index is 5.69. The van der Waals surface area contributed by atoms with Crippen molar-refractivity contribution in [1.29, 1.82) is 0 Å². The zero-order valence-corrected chi connectivity index (χ0v) is 10.4. The molecule has 1 heterocycles. The number of para-hydroxylation sites is 1. The molecule has 17 heavy (non-hydrogen) atoms. The fourth-order valence-electron chi connectivity index (χ4n) is 2.13. The molecule has 0 aliphatic carbocycles. The summed E-state index contributed by atoms with van der Waals surface area (Å²) in [4.78, 5) is 6.71. The van der Waals surface area contributed by atoms with Crippen molar-refractivity contribution in [2.24, 2.45) is 5.73 Å². The molecule has 0 radical (unpaired) electrons. The molecule has 3 heteroatoms. The highest BCUT2D eigenvalue weighted by Crippen LogP contribution is 2.26. The van der Waals surface area contributed by atoms with E-state index >= 15 is 0 Å². The number of fused-ring (bicyclic) bond motifs is 1. The maximum absolute atomic E-state index is 5.69. The Hall–Kier alpha value is -1.61. The lowest BCUT2D eigenvalue weighted by Crippen LogP contribution is -2.35. The normalized spacial score (nSPS) is 11.1. The van der Waals surface area contributed by atoms with Crippen molar-refractivity contribution in [1.82, 2.24) is 4.98 Å². The average Bonchev–Trinajstić information content (AvgIpc) is 2.35. The third kappa shape index (κ3) is 2.39. The molecular weight excluding hydrogens is 210 g/mol. The Morgan fingerprint density at radius 2 is 2.00 bits per heavy atom. The number of aromatic nitrogens is 1. The molecule has 0 saturated carbocycles. The van der Waals surface area contributed by atoms with E-state index in [2.05, 4.69) is 41.9 Å². The van der Waals surface area contributed by atoms with Crippen LogP contribution < -0.4 is 10.6 Å². The fourth-order valence-corrected chi connectivity index (χ4v) is 2.13. The molecule has 3 nitrogen and oxygen atoms in total. The van der Waals surface area contributed by atoms with Crippen LogP contribution in [0, 0.1) is 0 Å². The van der Waals surface area contributed by atoms with Crippen molar-refractivity contribution >= 4 is 16.6 Å². The van der Waals surface area contributed by atoms with Crippen LogP contribution in [0.25, 0.3) is 10.9 Å². The van der Waals surface area contributed by atoms with E-state index in [1.807, 2.05) is 18.3 Å². The topological polar surface area (TPSA) is 42.1 Å². The summed E-state index contributed by atoms with van der Waals surface area (Å²) in [5, 5.41) is 1.19. The minimum atomic E-state index is 0.435. The molecule has 2 rings (SSSR count). The van der Waals surface area contributed by atoms with Crippen molar-refractivity contribution in [3.05, 3.63) is 36.5 Å². The Morgan fingerprint density at radius 3 is 2.71 bits per heavy atom. The molecule has 0 bridgehead atoms. The zero-order chi connectivity index (χ0) is 12.3. The molecular formula is C14H19N3. The van der Waals surface area contributed by atoms with Gasteiger partial charge in [-0.2, -0.15) is 0 Å². The van der Waals surface area contributed by atoms with Crippen LogP contribution in [0.5, 0.6) is 0 Å². The zero-order valence-electron chi connectivity index (χ0n) is 10.4. The third-order valence-corrected chi connectivity index (χ3v) is 2.93. The lowest BCUT2D eigenvalue weighted by Gasteiger charge is -2.29. The molecule has 0 unspecified atom stereocenters. The van der Waals surface area contributed by atoms with E-state index < -0.39 is 0 Å². The first-order valence-electron chi connectivity index (χ1n) is 6.04. The number of nitrogens with zero attached hydrogens (tertiary/aromatic N) is 2. The Balaban J connectivity index is 2.52. The first kappa shape index (κ1) is 11.9. The predicted molar refractivity (Wildman–Crippen MR) is 73.3 cm³/mol. The molecule has 1 aromatic heterocycles. The SMILES string of the molecule is CC(C)N(CCN)c1ccnc2ccccc12. The van der Waals surface area contributed by atoms with Gasteiger partial charge in [0.1, 0.15) is 0 Å². The molecule has 0 aliphatic rings.